The van der Waals surface area contributed by atoms with Crippen molar-refractivity contribution in [3.8, 4) is 11.6 Å². The number of hydrogen-bond donors (Lipinski definition) is 1. The first kappa shape index (κ1) is 14.2. The number of hydrogen-bond acceptors (Lipinski definition) is 4. The van der Waals surface area contributed by atoms with Gasteiger partial charge in [0, 0.05) is 25.7 Å². The Kier molecular flexibility index (Phi) is 3.58. The first-order valence-electron chi connectivity index (χ1n) is 6.96. The Morgan fingerprint density at radius 2 is 1.91 bits per heavy atom. The van der Waals surface area contributed by atoms with Crippen molar-refractivity contribution in [3.63, 3.8) is 0 Å². The number of rotatable bonds is 3. The predicted octanol–water partition coefficient (Wildman–Crippen LogP) is 1.22. The largest absolute Gasteiger partial charge is 0.503 e. The number of fused-ring (bicyclic) bond motifs is 1. The van der Waals surface area contributed by atoms with Crippen LogP contribution in [0, 0.1) is 0 Å². The molecule has 0 saturated heterocycles. The highest BCUT2D eigenvalue weighted by molar-refractivity contribution is 5.96. The molecule has 1 aliphatic heterocycles. The highest BCUT2D eigenvalue weighted by Gasteiger charge is 2.30. The zero-order chi connectivity index (χ0) is 15.7. The summed E-state index contributed by atoms with van der Waals surface area (Å²) in [6.07, 6.45) is 0. The van der Waals surface area contributed by atoms with Crippen LogP contribution in [0.1, 0.15) is 16.1 Å². The topological polar surface area (TPSA) is 71.8 Å². The molecule has 0 aliphatic carbocycles. The molecule has 0 saturated carbocycles. The van der Waals surface area contributed by atoms with Gasteiger partial charge in [0.25, 0.3) is 5.91 Å². The second-order valence-electron chi connectivity index (χ2n) is 5.11. The van der Waals surface area contributed by atoms with E-state index in [2.05, 4.69) is 0 Å². The van der Waals surface area contributed by atoms with Gasteiger partial charge in [-0.05, 0) is 5.56 Å². The van der Waals surface area contributed by atoms with E-state index in [1.165, 1.54) is 13.2 Å². The van der Waals surface area contributed by atoms with Gasteiger partial charge in [-0.25, -0.2) is 0 Å². The van der Waals surface area contributed by atoms with Crippen molar-refractivity contribution in [3.05, 3.63) is 57.9 Å². The number of nitrogens with zero attached hydrogens (tertiary/aromatic N) is 2. The summed E-state index contributed by atoms with van der Waals surface area (Å²) in [6, 6.07) is 10.8. The minimum absolute atomic E-state index is 0.00784. The number of aromatic nitrogens is 1. The molecule has 6 heteroatoms. The number of methoxy groups -OCH3 is 1. The number of aromatic hydroxyl groups is 1. The van der Waals surface area contributed by atoms with Gasteiger partial charge >= 0.3 is 0 Å². The summed E-state index contributed by atoms with van der Waals surface area (Å²) in [5.41, 5.74) is 0.374. The lowest BCUT2D eigenvalue weighted by Crippen LogP contribution is -2.41. The third-order valence-corrected chi connectivity index (χ3v) is 3.76. The monoisotopic (exact) mass is 300 g/mol. The quantitative estimate of drug-likeness (QED) is 0.925. The molecule has 3 rings (SSSR count). The van der Waals surface area contributed by atoms with Gasteiger partial charge in [0.05, 0.1) is 7.11 Å². The Labute approximate surface area is 127 Å². The summed E-state index contributed by atoms with van der Waals surface area (Å²) in [7, 11) is 1.43. The van der Waals surface area contributed by atoms with Crippen LogP contribution < -0.4 is 10.2 Å². The van der Waals surface area contributed by atoms with E-state index in [0.29, 0.717) is 19.6 Å². The minimum atomic E-state index is -0.613. The van der Waals surface area contributed by atoms with Crippen LogP contribution in [0.4, 0.5) is 0 Å². The zero-order valence-corrected chi connectivity index (χ0v) is 12.2. The second-order valence-corrected chi connectivity index (χ2v) is 5.11. The van der Waals surface area contributed by atoms with Gasteiger partial charge in [0.2, 0.25) is 5.43 Å². The molecule has 1 aromatic heterocycles. The fraction of sp³-hybridized carbons (Fsp3) is 0.250. The van der Waals surface area contributed by atoms with Crippen molar-refractivity contribution in [1.29, 1.82) is 0 Å². The van der Waals surface area contributed by atoms with E-state index < -0.39 is 11.2 Å². The lowest BCUT2D eigenvalue weighted by atomic mass is 10.1. The SMILES string of the molecule is COc1cc(=O)c(O)c2n1CCN(Cc1ccccc1)C2=O. The van der Waals surface area contributed by atoms with Crippen molar-refractivity contribution < 1.29 is 14.6 Å². The van der Waals surface area contributed by atoms with Gasteiger partial charge in [-0.15, -0.1) is 0 Å². The van der Waals surface area contributed by atoms with Gasteiger partial charge < -0.3 is 19.3 Å². The molecule has 0 atom stereocenters. The van der Waals surface area contributed by atoms with E-state index in [1.807, 2.05) is 30.3 Å². The first-order valence-corrected chi connectivity index (χ1v) is 6.96. The van der Waals surface area contributed by atoms with E-state index in [1.54, 1.807) is 9.47 Å². The van der Waals surface area contributed by atoms with E-state index in [4.69, 9.17) is 4.74 Å². The lowest BCUT2D eigenvalue weighted by molar-refractivity contribution is 0.0677. The molecule has 2 aromatic rings. The molecule has 1 amide bonds. The summed E-state index contributed by atoms with van der Waals surface area (Å²) >= 11 is 0. The van der Waals surface area contributed by atoms with Crippen LogP contribution >= 0.6 is 0 Å². The van der Waals surface area contributed by atoms with Gasteiger partial charge in [-0.1, -0.05) is 30.3 Å². The molecule has 1 aromatic carbocycles. The van der Waals surface area contributed by atoms with Gasteiger partial charge in [-0.2, -0.15) is 0 Å². The lowest BCUT2D eigenvalue weighted by Gasteiger charge is -2.31. The standard InChI is InChI=1S/C16H16N2O4/c1-22-13-9-12(19)15(20)14-16(21)17(7-8-18(13)14)10-11-5-3-2-4-6-11/h2-6,9,20H,7-8,10H2,1H3. The number of ether oxygens (including phenoxy) is 1. The van der Waals surface area contributed by atoms with Crippen LogP contribution in [0.25, 0.3) is 0 Å². The van der Waals surface area contributed by atoms with Crippen molar-refractivity contribution >= 4 is 5.91 Å². The van der Waals surface area contributed by atoms with E-state index in [9.17, 15) is 14.7 Å². The molecular weight excluding hydrogens is 284 g/mol. The van der Waals surface area contributed by atoms with Crippen molar-refractivity contribution in [2.24, 2.45) is 0 Å². The highest BCUT2D eigenvalue weighted by Crippen LogP contribution is 2.25. The summed E-state index contributed by atoms with van der Waals surface area (Å²) in [6.45, 7) is 1.38. The Bertz CT molecular complexity index is 768. The molecule has 1 aliphatic rings. The minimum Gasteiger partial charge on any atom is -0.503 e. The van der Waals surface area contributed by atoms with Crippen molar-refractivity contribution in [1.82, 2.24) is 9.47 Å². The van der Waals surface area contributed by atoms with Crippen LogP contribution in [0.3, 0.4) is 0 Å². The molecule has 1 N–H and O–H groups in total. The zero-order valence-electron chi connectivity index (χ0n) is 12.2. The molecule has 6 nitrogen and oxygen atoms in total. The first-order chi connectivity index (χ1) is 10.6. The van der Waals surface area contributed by atoms with Crippen LogP contribution in [-0.2, 0) is 13.1 Å². The third kappa shape index (κ3) is 2.32. The van der Waals surface area contributed by atoms with Gasteiger partial charge in [-0.3, -0.25) is 9.59 Å². The Morgan fingerprint density at radius 1 is 1.18 bits per heavy atom. The molecule has 22 heavy (non-hydrogen) atoms. The third-order valence-electron chi connectivity index (χ3n) is 3.76. The van der Waals surface area contributed by atoms with E-state index >= 15 is 0 Å². The number of carbonyl (C=O) groups excluding carboxylic acids is 1. The maximum absolute atomic E-state index is 12.6. The number of benzene rings is 1. The summed E-state index contributed by atoms with van der Waals surface area (Å²) < 4.78 is 6.67. The molecule has 2 heterocycles. The number of pyridine rings is 1. The summed E-state index contributed by atoms with van der Waals surface area (Å²) in [4.78, 5) is 26.0. The smallest absolute Gasteiger partial charge is 0.274 e. The van der Waals surface area contributed by atoms with Crippen LogP contribution in [0.15, 0.2) is 41.2 Å². The normalized spacial score (nSPS) is 13.9. The van der Waals surface area contributed by atoms with Gasteiger partial charge in [0.15, 0.2) is 17.3 Å². The molecule has 114 valence electrons. The van der Waals surface area contributed by atoms with E-state index in [0.717, 1.165) is 5.56 Å². The molecular formula is C16H16N2O4. The molecule has 0 unspecified atom stereocenters. The van der Waals surface area contributed by atoms with E-state index in [-0.39, 0.29) is 17.5 Å². The average Bonchev–Trinajstić information content (AvgIpc) is 2.54. The summed E-state index contributed by atoms with van der Waals surface area (Å²) in [5, 5.41) is 9.98. The maximum Gasteiger partial charge on any atom is 0.274 e. The summed E-state index contributed by atoms with van der Waals surface area (Å²) in [5.74, 6) is -0.613. The molecule has 0 fully saturated rings. The Hall–Kier alpha value is -2.76. The Morgan fingerprint density at radius 3 is 2.59 bits per heavy atom. The predicted molar refractivity (Wildman–Crippen MR) is 80.1 cm³/mol. The fourth-order valence-corrected chi connectivity index (χ4v) is 2.65. The van der Waals surface area contributed by atoms with Gasteiger partial charge in [0.1, 0.15) is 0 Å². The van der Waals surface area contributed by atoms with Crippen LogP contribution in [0.2, 0.25) is 0 Å². The molecule has 0 radical (unpaired) electrons. The number of amides is 1. The number of carbonyl (C=O) groups is 1. The fourth-order valence-electron chi connectivity index (χ4n) is 2.65. The maximum atomic E-state index is 12.6. The van der Waals surface area contributed by atoms with Crippen LogP contribution in [-0.4, -0.2) is 34.1 Å². The highest BCUT2D eigenvalue weighted by atomic mass is 16.5. The van der Waals surface area contributed by atoms with Crippen LogP contribution in [0.5, 0.6) is 11.6 Å². The molecule has 0 spiro atoms. The van der Waals surface area contributed by atoms with Crippen molar-refractivity contribution in [2.75, 3.05) is 13.7 Å². The van der Waals surface area contributed by atoms with Crippen molar-refractivity contribution in [2.45, 2.75) is 13.1 Å². The average molecular weight is 300 g/mol. The second kappa shape index (κ2) is 5.55. The Balaban J connectivity index is 1.99. The molecule has 0 bridgehead atoms.